The number of carbonyl (C=O) groups excluding carboxylic acids is 1. The molecule has 0 aliphatic carbocycles. The molecule has 9 heteroatoms. The molecule has 0 radical (unpaired) electrons. The van der Waals surface area contributed by atoms with Crippen LogP contribution < -0.4 is 14.8 Å². The quantitative estimate of drug-likeness (QED) is 0.318. The standard InChI is InChI=1S/C25H19F3N2O3S/c1-32-20-6-3-5-19(13-20)29-23(31)22-15-34-24(30-22)17-4-2-7-21(12-17)33-14-16-8-10-18(11-9-16)25(26,27)28/h2-13,15H,14H2,1H3,(H,29,31). The highest BCUT2D eigenvalue weighted by atomic mass is 32.1. The van der Waals surface area contributed by atoms with Gasteiger partial charge in [-0.25, -0.2) is 4.98 Å². The molecule has 1 heterocycles. The first-order valence-corrected chi connectivity index (χ1v) is 11.0. The molecular weight excluding hydrogens is 465 g/mol. The first-order valence-electron chi connectivity index (χ1n) is 10.1. The fraction of sp³-hybridized carbons (Fsp3) is 0.120. The molecule has 3 aromatic carbocycles. The normalized spacial score (nSPS) is 11.2. The Bertz CT molecular complexity index is 1290. The first-order chi connectivity index (χ1) is 16.3. The number of carbonyl (C=O) groups is 1. The van der Waals surface area contributed by atoms with Crippen LogP contribution in [0.5, 0.6) is 11.5 Å². The van der Waals surface area contributed by atoms with Crippen LogP contribution >= 0.6 is 11.3 Å². The molecule has 4 rings (SSSR count). The summed E-state index contributed by atoms with van der Waals surface area (Å²) in [7, 11) is 1.55. The van der Waals surface area contributed by atoms with E-state index in [1.165, 1.54) is 23.5 Å². The highest BCUT2D eigenvalue weighted by molar-refractivity contribution is 7.13. The van der Waals surface area contributed by atoms with Gasteiger partial charge in [0, 0.05) is 22.7 Å². The molecular formula is C25H19F3N2O3S. The van der Waals surface area contributed by atoms with Crippen LogP contribution in [0, 0.1) is 0 Å². The molecule has 34 heavy (non-hydrogen) atoms. The number of nitrogens with zero attached hydrogens (tertiary/aromatic N) is 1. The van der Waals surface area contributed by atoms with Crippen LogP contribution in [0.2, 0.25) is 0 Å². The second-order valence-corrected chi connectivity index (χ2v) is 8.09. The van der Waals surface area contributed by atoms with Gasteiger partial charge < -0.3 is 14.8 Å². The third-order valence-electron chi connectivity index (χ3n) is 4.83. The number of halogens is 3. The van der Waals surface area contributed by atoms with E-state index in [9.17, 15) is 18.0 Å². The molecule has 1 amide bonds. The van der Waals surface area contributed by atoms with Crippen molar-refractivity contribution in [2.75, 3.05) is 12.4 Å². The second-order valence-electron chi connectivity index (χ2n) is 7.24. The number of hydrogen-bond acceptors (Lipinski definition) is 5. The van der Waals surface area contributed by atoms with Crippen molar-refractivity contribution in [1.29, 1.82) is 0 Å². The topological polar surface area (TPSA) is 60.5 Å². The van der Waals surface area contributed by atoms with Gasteiger partial charge >= 0.3 is 6.18 Å². The van der Waals surface area contributed by atoms with E-state index in [-0.39, 0.29) is 18.2 Å². The van der Waals surface area contributed by atoms with E-state index in [4.69, 9.17) is 9.47 Å². The van der Waals surface area contributed by atoms with Crippen LogP contribution in [0.25, 0.3) is 10.6 Å². The number of ether oxygens (including phenoxy) is 2. The summed E-state index contributed by atoms with van der Waals surface area (Å²) in [6.07, 6.45) is -4.37. The first kappa shape index (κ1) is 23.3. The van der Waals surface area contributed by atoms with E-state index in [1.54, 1.807) is 55.0 Å². The smallest absolute Gasteiger partial charge is 0.416 e. The fourth-order valence-corrected chi connectivity index (χ4v) is 3.88. The van der Waals surface area contributed by atoms with Crippen molar-refractivity contribution in [1.82, 2.24) is 4.98 Å². The van der Waals surface area contributed by atoms with Gasteiger partial charge in [0.1, 0.15) is 28.8 Å². The molecule has 1 N–H and O–H groups in total. The molecule has 0 saturated heterocycles. The fourth-order valence-electron chi connectivity index (χ4n) is 3.08. The van der Waals surface area contributed by atoms with Crippen molar-refractivity contribution in [3.05, 3.63) is 95.0 Å². The summed E-state index contributed by atoms with van der Waals surface area (Å²) in [6.45, 7) is 0.119. The SMILES string of the molecule is COc1cccc(NC(=O)c2csc(-c3cccc(OCc4ccc(C(F)(F)F)cc4)c3)n2)c1. The lowest BCUT2D eigenvalue weighted by atomic mass is 10.1. The monoisotopic (exact) mass is 484 g/mol. The molecule has 174 valence electrons. The average molecular weight is 484 g/mol. The third kappa shape index (κ3) is 5.74. The zero-order valence-electron chi connectivity index (χ0n) is 17.9. The van der Waals surface area contributed by atoms with Crippen LogP contribution in [0.3, 0.4) is 0 Å². The minimum Gasteiger partial charge on any atom is -0.497 e. The number of anilines is 1. The van der Waals surface area contributed by atoms with Crippen LogP contribution in [0.15, 0.2) is 78.2 Å². The van der Waals surface area contributed by atoms with Crippen LogP contribution in [-0.2, 0) is 12.8 Å². The number of amides is 1. The Morgan fingerprint density at radius 3 is 2.47 bits per heavy atom. The van der Waals surface area contributed by atoms with Gasteiger partial charge in [0.15, 0.2) is 0 Å². The number of thiazole rings is 1. The molecule has 0 fully saturated rings. The lowest BCUT2D eigenvalue weighted by Crippen LogP contribution is -2.12. The number of aromatic nitrogens is 1. The average Bonchev–Trinajstić information content (AvgIpc) is 3.33. The van der Waals surface area contributed by atoms with Gasteiger partial charge in [0.2, 0.25) is 0 Å². The van der Waals surface area contributed by atoms with E-state index >= 15 is 0 Å². The summed E-state index contributed by atoms with van der Waals surface area (Å²) in [5, 5.41) is 5.09. The zero-order chi connectivity index (χ0) is 24.1. The lowest BCUT2D eigenvalue weighted by molar-refractivity contribution is -0.137. The summed E-state index contributed by atoms with van der Waals surface area (Å²) in [6, 6.07) is 19.0. The molecule has 0 unspecified atom stereocenters. The predicted octanol–water partition coefficient (Wildman–Crippen LogP) is 6.67. The van der Waals surface area contributed by atoms with Gasteiger partial charge in [-0.15, -0.1) is 11.3 Å². The minimum absolute atomic E-state index is 0.119. The Morgan fingerprint density at radius 2 is 1.74 bits per heavy atom. The van der Waals surface area contributed by atoms with Crippen molar-refractivity contribution in [3.8, 4) is 22.1 Å². The van der Waals surface area contributed by atoms with Crippen molar-refractivity contribution in [3.63, 3.8) is 0 Å². The summed E-state index contributed by atoms with van der Waals surface area (Å²) >= 11 is 1.32. The van der Waals surface area contributed by atoms with E-state index in [0.29, 0.717) is 27.8 Å². The molecule has 0 saturated carbocycles. The van der Waals surface area contributed by atoms with Crippen LogP contribution in [-0.4, -0.2) is 18.0 Å². The highest BCUT2D eigenvalue weighted by Crippen LogP contribution is 2.30. The zero-order valence-corrected chi connectivity index (χ0v) is 18.7. The van der Waals surface area contributed by atoms with Crippen LogP contribution in [0.4, 0.5) is 18.9 Å². The number of methoxy groups -OCH3 is 1. The molecule has 4 aromatic rings. The van der Waals surface area contributed by atoms with Gasteiger partial charge in [0.25, 0.3) is 5.91 Å². The van der Waals surface area contributed by atoms with Crippen molar-refractivity contribution in [2.45, 2.75) is 12.8 Å². The van der Waals surface area contributed by atoms with Crippen molar-refractivity contribution in [2.24, 2.45) is 0 Å². The maximum Gasteiger partial charge on any atom is 0.416 e. The third-order valence-corrected chi connectivity index (χ3v) is 5.72. The Labute approximate surface area is 197 Å². The summed E-state index contributed by atoms with van der Waals surface area (Å²) < 4.78 is 49.0. The summed E-state index contributed by atoms with van der Waals surface area (Å²) in [5.74, 6) is 0.824. The Morgan fingerprint density at radius 1 is 1.00 bits per heavy atom. The maximum absolute atomic E-state index is 12.7. The number of hydrogen-bond donors (Lipinski definition) is 1. The van der Waals surface area contributed by atoms with Gasteiger partial charge in [-0.3, -0.25) is 4.79 Å². The number of nitrogens with one attached hydrogen (secondary N) is 1. The van der Waals surface area contributed by atoms with E-state index < -0.39 is 11.7 Å². The molecule has 0 atom stereocenters. The second kappa shape index (κ2) is 9.96. The van der Waals surface area contributed by atoms with E-state index in [0.717, 1.165) is 17.7 Å². The van der Waals surface area contributed by atoms with Crippen molar-refractivity contribution < 1.29 is 27.4 Å². The Balaban J connectivity index is 1.41. The van der Waals surface area contributed by atoms with Gasteiger partial charge in [0.05, 0.1) is 12.7 Å². The Kier molecular flexibility index (Phi) is 6.83. The van der Waals surface area contributed by atoms with Crippen molar-refractivity contribution >= 4 is 22.9 Å². The van der Waals surface area contributed by atoms with E-state index in [1.807, 2.05) is 6.07 Å². The largest absolute Gasteiger partial charge is 0.497 e. The summed E-state index contributed by atoms with van der Waals surface area (Å²) in [5.41, 5.74) is 1.55. The highest BCUT2D eigenvalue weighted by Gasteiger charge is 2.29. The number of benzene rings is 3. The molecule has 0 aliphatic rings. The molecule has 1 aromatic heterocycles. The van der Waals surface area contributed by atoms with Gasteiger partial charge in [-0.1, -0.05) is 30.3 Å². The van der Waals surface area contributed by atoms with Crippen LogP contribution in [0.1, 0.15) is 21.6 Å². The number of alkyl halides is 3. The minimum atomic E-state index is -4.37. The molecule has 0 spiro atoms. The summed E-state index contributed by atoms with van der Waals surface area (Å²) in [4.78, 5) is 17.0. The Hall–Kier alpha value is -3.85. The van der Waals surface area contributed by atoms with E-state index in [2.05, 4.69) is 10.3 Å². The predicted molar refractivity (Wildman–Crippen MR) is 124 cm³/mol. The number of rotatable bonds is 7. The molecule has 5 nitrogen and oxygen atoms in total. The van der Waals surface area contributed by atoms with Gasteiger partial charge in [-0.05, 0) is 42.0 Å². The van der Waals surface area contributed by atoms with Gasteiger partial charge in [-0.2, -0.15) is 13.2 Å². The molecule has 0 aliphatic heterocycles. The molecule has 0 bridgehead atoms. The maximum atomic E-state index is 12.7. The lowest BCUT2D eigenvalue weighted by Gasteiger charge is -2.09.